The molecule has 0 saturated carbocycles. The summed E-state index contributed by atoms with van der Waals surface area (Å²) in [7, 11) is 0. The van der Waals surface area contributed by atoms with E-state index in [4.69, 9.17) is 15.0 Å². The van der Waals surface area contributed by atoms with Crippen molar-refractivity contribution in [2.24, 2.45) is 11.1 Å². The number of rotatable bonds is 2. The molecule has 0 radical (unpaired) electrons. The maximum absolute atomic E-state index is 6.05. The first-order chi connectivity index (χ1) is 7.48. The predicted molar refractivity (Wildman–Crippen MR) is 58.6 cm³/mol. The molecule has 1 fully saturated rings. The summed E-state index contributed by atoms with van der Waals surface area (Å²) in [6, 6.07) is -0.241. The molecule has 2 unspecified atom stereocenters. The van der Waals surface area contributed by atoms with E-state index in [0.717, 1.165) is 19.4 Å². The first-order valence-electron chi connectivity index (χ1n) is 5.69. The molecule has 5 nitrogen and oxygen atoms in total. The fraction of sp³-hybridized carbons (Fsp3) is 0.818. The number of ether oxygens (including phenoxy) is 1. The molecule has 1 aliphatic heterocycles. The molecule has 0 spiro atoms. The molecule has 1 aromatic heterocycles. The van der Waals surface area contributed by atoms with Crippen LogP contribution in [0.15, 0.2) is 4.52 Å². The molecule has 2 heterocycles. The van der Waals surface area contributed by atoms with Crippen molar-refractivity contribution in [1.82, 2.24) is 10.1 Å². The molecule has 0 aromatic carbocycles. The molecule has 90 valence electrons. The van der Waals surface area contributed by atoms with Crippen molar-refractivity contribution >= 4 is 0 Å². The van der Waals surface area contributed by atoms with Gasteiger partial charge in [0.1, 0.15) is 6.10 Å². The van der Waals surface area contributed by atoms with Crippen LogP contribution in [0.3, 0.4) is 0 Å². The van der Waals surface area contributed by atoms with Crippen molar-refractivity contribution in [3.63, 3.8) is 0 Å². The van der Waals surface area contributed by atoms with Gasteiger partial charge in [-0.3, -0.25) is 0 Å². The van der Waals surface area contributed by atoms with Crippen LogP contribution in [0.2, 0.25) is 0 Å². The van der Waals surface area contributed by atoms with E-state index in [1.807, 2.05) is 20.8 Å². The van der Waals surface area contributed by atoms with E-state index in [-0.39, 0.29) is 17.6 Å². The van der Waals surface area contributed by atoms with Crippen molar-refractivity contribution < 1.29 is 9.26 Å². The Kier molecular flexibility index (Phi) is 2.99. The topological polar surface area (TPSA) is 74.2 Å². The van der Waals surface area contributed by atoms with Gasteiger partial charge in [0.05, 0.1) is 6.04 Å². The third kappa shape index (κ3) is 2.25. The monoisotopic (exact) mass is 225 g/mol. The molecular formula is C11H19N3O2. The Balaban J connectivity index is 2.12. The van der Waals surface area contributed by atoms with Crippen molar-refractivity contribution in [2.75, 3.05) is 6.61 Å². The molecule has 1 aliphatic rings. The molecule has 0 amide bonds. The first-order valence-corrected chi connectivity index (χ1v) is 5.69. The fourth-order valence-corrected chi connectivity index (χ4v) is 1.66. The smallest absolute Gasteiger partial charge is 0.244 e. The Hall–Kier alpha value is -0.940. The zero-order valence-electron chi connectivity index (χ0n) is 10.1. The van der Waals surface area contributed by atoms with Gasteiger partial charge in [-0.2, -0.15) is 4.98 Å². The molecule has 0 bridgehead atoms. The lowest BCUT2D eigenvalue weighted by Crippen LogP contribution is -2.26. The molecule has 1 aromatic rings. The lowest BCUT2D eigenvalue weighted by Gasteiger charge is -2.23. The highest BCUT2D eigenvalue weighted by molar-refractivity contribution is 4.99. The number of hydrogen-bond acceptors (Lipinski definition) is 5. The minimum atomic E-state index is -0.241. The van der Waals surface area contributed by atoms with Crippen LogP contribution in [0.1, 0.15) is 57.5 Å². The standard InChI is InChI=1S/C11H19N3O2/c1-11(2,3)8(12)10-13-9(14-16-10)7-5-4-6-15-7/h7-8H,4-6,12H2,1-3H3. The van der Waals surface area contributed by atoms with Crippen LogP contribution < -0.4 is 5.73 Å². The Morgan fingerprint density at radius 1 is 1.44 bits per heavy atom. The highest BCUT2D eigenvalue weighted by atomic mass is 16.5. The van der Waals surface area contributed by atoms with Crippen LogP contribution in [0.25, 0.3) is 0 Å². The highest BCUT2D eigenvalue weighted by Crippen LogP contribution is 2.31. The minimum absolute atomic E-state index is 0.00957. The molecule has 2 rings (SSSR count). The summed E-state index contributed by atoms with van der Waals surface area (Å²) in [5, 5.41) is 3.94. The van der Waals surface area contributed by atoms with E-state index >= 15 is 0 Å². The van der Waals surface area contributed by atoms with E-state index in [2.05, 4.69) is 10.1 Å². The van der Waals surface area contributed by atoms with Gasteiger partial charge in [-0.25, -0.2) is 0 Å². The lowest BCUT2D eigenvalue weighted by atomic mass is 9.87. The van der Waals surface area contributed by atoms with Crippen LogP contribution in [-0.4, -0.2) is 16.7 Å². The van der Waals surface area contributed by atoms with Gasteiger partial charge in [0.25, 0.3) is 0 Å². The largest absolute Gasteiger partial charge is 0.370 e. The molecule has 2 N–H and O–H groups in total. The van der Waals surface area contributed by atoms with E-state index < -0.39 is 0 Å². The average molecular weight is 225 g/mol. The number of nitrogens with two attached hydrogens (primary N) is 1. The third-order valence-corrected chi connectivity index (χ3v) is 2.87. The van der Waals surface area contributed by atoms with Crippen molar-refractivity contribution in [3.05, 3.63) is 11.7 Å². The summed E-state index contributed by atoms with van der Waals surface area (Å²) in [4.78, 5) is 4.33. The number of nitrogens with zero attached hydrogens (tertiary/aromatic N) is 2. The van der Waals surface area contributed by atoms with Crippen molar-refractivity contribution in [3.8, 4) is 0 Å². The van der Waals surface area contributed by atoms with Crippen molar-refractivity contribution in [1.29, 1.82) is 0 Å². The van der Waals surface area contributed by atoms with Gasteiger partial charge >= 0.3 is 0 Å². The van der Waals surface area contributed by atoms with Crippen LogP contribution >= 0.6 is 0 Å². The first kappa shape index (κ1) is 11.5. The maximum atomic E-state index is 6.05. The molecular weight excluding hydrogens is 206 g/mol. The van der Waals surface area contributed by atoms with Gasteiger partial charge in [0, 0.05) is 6.61 Å². The van der Waals surface area contributed by atoms with E-state index in [1.165, 1.54) is 0 Å². The van der Waals surface area contributed by atoms with Gasteiger partial charge in [-0.1, -0.05) is 25.9 Å². The maximum Gasteiger partial charge on any atom is 0.244 e. The van der Waals surface area contributed by atoms with Crippen LogP contribution in [0.5, 0.6) is 0 Å². The van der Waals surface area contributed by atoms with Crippen LogP contribution in [0.4, 0.5) is 0 Å². The summed E-state index contributed by atoms with van der Waals surface area (Å²) in [5.41, 5.74) is 5.96. The summed E-state index contributed by atoms with van der Waals surface area (Å²) in [6.45, 7) is 6.93. The number of aromatic nitrogens is 2. The Morgan fingerprint density at radius 2 is 2.19 bits per heavy atom. The minimum Gasteiger partial charge on any atom is -0.370 e. The van der Waals surface area contributed by atoms with Gasteiger partial charge in [0.15, 0.2) is 0 Å². The zero-order chi connectivity index (χ0) is 11.8. The van der Waals surface area contributed by atoms with Crippen molar-refractivity contribution in [2.45, 2.75) is 45.8 Å². The average Bonchev–Trinajstić information content (AvgIpc) is 2.85. The quantitative estimate of drug-likeness (QED) is 0.832. The second kappa shape index (κ2) is 4.14. The second-order valence-corrected chi connectivity index (χ2v) is 5.34. The Labute approximate surface area is 95.3 Å². The molecule has 2 atom stereocenters. The fourth-order valence-electron chi connectivity index (χ4n) is 1.66. The van der Waals surface area contributed by atoms with E-state index in [0.29, 0.717) is 11.7 Å². The third-order valence-electron chi connectivity index (χ3n) is 2.87. The van der Waals surface area contributed by atoms with Gasteiger partial charge in [-0.05, 0) is 18.3 Å². The summed E-state index contributed by atoms with van der Waals surface area (Å²) < 4.78 is 10.7. The second-order valence-electron chi connectivity index (χ2n) is 5.34. The number of hydrogen-bond donors (Lipinski definition) is 1. The van der Waals surface area contributed by atoms with E-state index in [1.54, 1.807) is 0 Å². The summed E-state index contributed by atoms with van der Waals surface area (Å²) >= 11 is 0. The SMILES string of the molecule is CC(C)(C)C(N)c1nc(C2CCCO2)no1. The normalized spacial score (nSPS) is 23.6. The predicted octanol–water partition coefficient (Wildman–Crippen LogP) is 1.97. The molecule has 0 aliphatic carbocycles. The summed E-state index contributed by atoms with van der Waals surface area (Å²) in [5.74, 6) is 1.13. The van der Waals surface area contributed by atoms with Gasteiger partial charge < -0.3 is 15.0 Å². The Morgan fingerprint density at radius 3 is 2.75 bits per heavy atom. The van der Waals surface area contributed by atoms with Gasteiger partial charge in [0.2, 0.25) is 11.7 Å². The van der Waals surface area contributed by atoms with Crippen LogP contribution in [-0.2, 0) is 4.74 Å². The molecule has 1 saturated heterocycles. The summed E-state index contributed by atoms with van der Waals surface area (Å²) in [6.07, 6.45) is 2.01. The lowest BCUT2D eigenvalue weighted by molar-refractivity contribution is 0.103. The molecule has 5 heteroatoms. The highest BCUT2D eigenvalue weighted by Gasteiger charge is 2.30. The molecule has 16 heavy (non-hydrogen) atoms. The van der Waals surface area contributed by atoms with Gasteiger partial charge in [-0.15, -0.1) is 0 Å². The Bertz CT molecular complexity index is 350. The van der Waals surface area contributed by atoms with E-state index in [9.17, 15) is 0 Å². The zero-order valence-corrected chi connectivity index (χ0v) is 10.1. The van der Waals surface area contributed by atoms with Crippen LogP contribution in [0, 0.1) is 5.41 Å².